The fraction of sp³-hybridized carbons (Fsp3) is 0.571. The van der Waals surface area contributed by atoms with Crippen LogP contribution in [0, 0.1) is 0 Å². The molecule has 1 aromatic rings. The summed E-state index contributed by atoms with van der Waals surface area (Å²) in [6.45, 7) is 7.36. The van der Waals surface area contributed by atoms with Crippen LogP contribution < -0.4 is 16.2 Å². The number of aromatic nitrogens is 1. The Morgan fingerprint density at radius 1 is 1.20 bits per heavy atom. The number of halogens is 1. The Bertz CT molecular complexity index is 437. The first-order valence-corrected chi connectivity index (χ1v) is 6.95. The normalized spacial score (nSPS) is 9.50. The summed E-state index contributed by atoms with van der Waals surface area (Å²) in [5.41, 5.74) is 0.0620. The van der Waals surface area contributed by atoms with E-state index >= 15 is 0 Å². The summed E-state index contributed by atoms with van der Waals surface area (Å²) >= 11 is 0. The van der Waals surface area contributed by atoms with Crippen molar-refractivity contribution < 1.29 is 0 Å². The lowest BCUT2D eigenvalue weighted by atomic mass is 10.3. The minimum Gasteiger partial charge on any atom is -0.357 e. The molecule has 0 aliphatic rings. The highest BCUT2D eigenvalue weighted by molar-refractivity contribution is 14.0. The van der Waals surface area contributed by atoms with Crippen molar-refractivity contribution in [3.05, 3.63) is 34.7 Å². The molecule has 2 N–H and O–H groups in total. The van der Waals surface area contributed by atoms with Gasteiger partial charge in [0.25, 0.3) is 0 Å². The van der Waals surface area contributed by atoms with Gasteiger partial charge in [-0.15, -0.1) is 24.0 Å². The van der Waals surface area contributed by atoms with Crippen LogP contribution in [0.4, 0.5) is 0 Å². The number of hydrogen-bond acceptors (Lipinski definition) is 2. The molecule has 1 rings (SSSR count). The zero-order valence-corrected chi connectivity index (χ0v) is 14.6. The summed E-state index contributed by atoms with van der Waals surface area (Å²) < 4.78 is 1.74. The Morgan fingerprint density at radius 2 is 1.90 bits per heavy atom. The third kappa shape index (κ3) is 7.52. The number of unbranched alkanes of at least 4 members (excludes halogenated alkanes) is 1. The van der Waals surface area contributed by atoms with E-state index in [2.05, 4.69) is 29.5 Å². The predicted octanol–water partition coefficient (Wildman–Crippen LogP) is 1.82. The van der Waals surface area contributed by atoms with E-state index in [-0.39, 0.29) is 29.5 Å². The van der Waals surface area contributed by atoms with Gasteiger partial charge in [0.2, 0.25) is 5.56 Å². The van der Waals surface area contributed by atoms with Crippen molar-refractivity contribution in [2.75, 3.05) is 19.6 Å². The van der Waals surface area contributed by atoms with Gasteiger partial charge in [-0.3, -0.25) is 9.79 Å². The zero-order valence-electron chi connectivity index (χ0n) is 12.3. The Labute approximate surface area is 137 Å². The summed E-state index contributed by atoms with van der Waals surface area (Å²) in [6.07, 6.45) is 3.76. The third-order valence-corrected chi connectivity index (χ3v) is 2.66. The van der Waals surface area contributed by atoms with Gasteiger partial charge in [-0.1, -0.05) is 6.07 Å². The van der Waals surface area contributed by atoms with Gasteiger partial charge in [0, 0.05) is 38.4 Å². The highest BCUT2D eigenvalue weighted by atomic mass is 127. The van der Waals surface area contributed by atoms with Gasteiger partial charge in [0.05, 0.1) is 0 Å². The molecule has 0 fully saturated rings. The highest BCUT2D eigenvalue weighted by Crippen LogP contribution is 1.93. The standard InChI is InChI=1S/C14H24N4O.HI/c1-3-15-14(16-4-2)17-10-6-8-12-18-11-7-5-9-13(18)19;/h5,7,9,11H,3-4,6,8,10,12H2,1-2H3,(H2,15,16,17);1H. The molecule has 114 valence electrons. The number of guanidine groups is 1. The van der Waals surface area contributed by atoms with E-state index in [0.717, 1.165) is 45.0 Å². The maximum absolute atomic E-state index is 11.5. The molecule has 5 nitrogen and oxygen atoms in total. The van der Waals surface area contributed by atoms with E-state index in [1.165, 1.54) is 0 Å². The van der Waals surface area contributed by atoms with Crippen LogP contribution in [-0.2, 0) is 6.54 Å². The topological polar surface area (TPSA) is 58.4 Å². The van der Waals surface area contributed by atoms with Crippen LogP contribution in [0.1, 0.15) is 26.7 Å². The quantitative estimate of drug-likeness (QED) is 0.322. The molecule has 0 aliphatic heterocycles. The van der Waals surface area contributed by atoms with Crippen molar-refractivity contribution in [2.24, 2.45) is 4.99 Å². The molecule has 0 unspecified atom stereocenters. The SMILES string of the molecule is CCNC(=NCCCCn1ccccc1=O)NCC.I. The Morgan fingerprint density at radius 3 is 2.50 bits per heavy atom. The van der Waals surface area contributed by atoms with Crippen LogP contribution in [0.5, 0.6) is 0 Å². The first-order valence-electron chi connectivity index (χ1n) is 6.95. The van der Waals surface area contributed by atoms with E-state index < -0.39 is 0 Å². The molecule has 0 radical (unpaired) electrons. The van der Waals surface area contributed by atoms with E-state index in [9.17, 15) is 4.79 Å². The second kappa shape index (κ2) is 11.7. The summed E-state index contributed by atoms with van der Waals surface area (Å²) in [5, 5.41) is 6.37. The van der Waals surface area contributed by atoms with Crippen molar-refractivity contribution in [1.29, 1.82) is 0 Å². The monoisotopic (exact) mass is 392 g/mol. The molecule has 0 aromatic carbocycles. The fourth-order valence-corrected chi connectivity index (χ4v) is 1.74. The van der Waals surface area contributed by atoms with Crippen LogP contribution >= 0.6 is 24.0 Å². The highest BCUT2D eigenvalue weighted by Gasteiger charge is 1.95. The summed E-state index contributed by atoms with van der Waals surface area (Å²) in [6, 6.07) is 5.24. The minimum absolute atomic E-state index is 0. The number of nitrogens with one attached hydrogen (secondary N) is 2. The smallest absolute Gasteiger partial charge is 0.250 e. The minimum atomic E-state index is 0. The molecule has 0 amide bonds. The van der Waals surface area contributed by atoms with Crippen LogP contribution in [0.25, 0.3) is 0 Å². The van der Waals surface area contributed by atoms with Gasteiger partial charge in [-0.2, -0.15) is 0 Å². The summed E-state index contributed by atoms with van der Waals surface area (Å²) in [5.74, 6) is 0.863. The van der Waals surface area contributed by atoms with Gasteiger partial charge < -0.3 is 15.2 Å². The lowest BCUT2D eigenvalue weighted by Crippen LogP contribution is -2.37. The number of nitrogens with zero attached hydrogens (tertiary/aromatic N) is 2. The Kier molecular flexibility index (Phi) is 11.1. The Hall–Kier alpha value is -1.05. The van der Waals surface area contributed by atoms with E-state index in [1.54, 1.807) is 16.7 Å². The molecule has 0 saturated carbocycles. The zero-order chi connectivity index (χ0) is 13.9. The molecule has 0 aliphatic carbocycles. The number of aryl methyl sites for hydroxylation is 1. The van der Waals surface area contributed by atoms with E-state index in [1.807, 2.05) is 12.3 Å². The number of aliphatic imine (C=N–C) groups is 1. The summed E-state index contributed by atoms with van der Waals surface area (Å²) in [4.78, 5) is 15.9. The van der Waals surface area contributed by atoms with E-state index in [4.69, 9.17) is 0 Å². The molecule has 0 spiro atoms. The first-order chi connectivity index (χ1) is 9.27. The number of rotatable bonds is 7. The van der Waals surface area contributed by atoms with Gasteiger partial charge in [-0.05, 0) is 32.8 Å². The van der Waals surface area contributed by atoms with Crippen LogP contribution in [0.3, 0.4) is 0 Å². The van der Waals surface area contributed by atoms with Crippen LogP contribution in [-0.4, -0.2) is 30.2 Å². The number of hydrogen-bond donors (Lipinski definition) is 2. The van der Waals surface area contributed by atoms with Crippen molar-refractivity contribution in [2.45, 2.75) is 33.2 Å². The molecule has 0 bridgehead atoms. The van der Waals surface area contributed by atoms with E-state index in [0.29, 0.717) is 0 Å². The summed E-state index contributed by atoms with van der Waals surface area (Å²) in [7, 11) is 0. The molecule has 6 heteroatoms. The first kappa shape index (κ1) is 18.9. The second-order valence-electron chi connectivity index (χ2n) is 4.23. The third-order valence-electron chi connectivity index (χ3n) is 2.66. The number of pyridine rings is 1. The average molecular weight is 392 g/mol. The van der Waals surface area contributed by atoms with Gasteiger partial charge in [0.1, 0.15) is 0 Å². The molecule has 0 atom stereocenters. The van der Waals surface area contributed by atoms with Crippen molar-refractivity contribution >= 4 is 29.9 Å². The van der Waals surface area contributed by atoms with Gasteiger partial charge in [0.15, 0.2) is 5.96 Å². The van der Waals surface area contributed by atoms with Crippen LogP contribution in [0.15, 0.2) is 34.2 Å². The predicted molar refractivity (Wildman–Crippen MR) is 95.0 cm³/mol. The van der Waals surface area contributed by atoms with Crippen molar-refractivity contribution in [3.8, 4) is 0 Å². The molecular weight excluding hydrogens is 367 g/mol. The van der Waals surface area contributed by atoms with Crippen molar-refractivity contribution in [1.82, 2.24) is 15.2 Å². The fourth-order valence-electron chi connectivity index (χ4n) is 1.74. The lowest BCUT2D eigenvalue weighted by Gasteiger charge is -2.09. The largest absolute Gasteiger partial charge is 0.357 e. The molecule has 1 aromatic heterocycles. The molecule has 20 heavy (non-hydrogen) atoms. The average Bonchev–Trinajstić information content (AvgIpc) is 2.41. The maximum Gasteiger partial charge on any atom is 0.250 e. The molecular formula is C14H25IN4O. The van der Waals surface area contributed by atoms with Gasteiger partial charge >= 0.3 is 0 Å². The lowest BCUT2D eigenvalue weighted by molar-refractivity contribution is 0.597. The molecule has 1 heterocycles. The maximum atomic E-state index is 11.5. The molecule has 0 saturated heterocycles. The van der Waals surface area contributed by atoms with Crippen LogP contribution in [0.2, 0.25) is 0 Å². The van der Waals surface area contributed by atoms with Crippen molar-refractivity contribution in [3.63, 3.8) is 0 Å². The van der Waals surface area contributed by atoms with Gasteiger partial charge in [-0.25, -0.2) is 0 Å². The Balaban J connectivity index is 0.00000361. The second-order valence-corrected chi connectivity index (χ2v) is 4.23.